The Morgan fingerprint density at radius 1 is 1.37 bits per heavy atom. The van der Waals surface area contributed by atoms with Crippen LogP contribution >= 0.6 is 0 Å². The van der Waals surface area contributed by atoms with Gasteiger partial charge in [-0.05, 0) is 44.9 Å². The molecule has 0 aromatic heterocycles. The molecule has 4 heteroatoms. The van der Waals surface area contributed by atoms with Gasteiger partial charge in [-0.15, -0.1) is 0 Å². The van der Waals surface area contributed by atoms with E-state index in [1.54, 1.807) is 6.92 Å². The Morgan fingerprint density at radius 2 is 1.95 bits per heavy atom. The molecule has 1 amide bonds. The van der Waals surface area contributed by atoms with Crippen molar-refractivity contribution in [2.45, 2.75) is 52.9 Å². The van der Waals surface area contributed by atoms with Gasteiger partial charge in [0, 0.05) is 12.1 Å². The number of aliphatic carboxylic acids is 1. The molecule has 1 fully saturated rings. The molecule has 108 valence electrons. The third-order valence-corrected chi connectivity index (χ3v) is 4.14. The van der Waals surface area contributed by atoms with Gasteiger partial charge in [-0.25, -0.2) is 0 Å². The molecule has 0 unspecified atom stereocenters. The highest BCUT2D eigenvalue weighted by molar-refractivity contribution is 5.93. The summed E-state index contributed by atoms with van der Waals surface area (Å²) in [5.74, 6) is -0.345. The molecule has 1 aliphatic rings. The lowest BCUT2D eigenvalue weighted by molar-refractivity contribution is -0.151. The minimum Gasteiger partial charge on any atom is -0.481 e. The second-order valence-electron chi connectivity index (χ2n) is 5.75. The van der Waals surface area contributed by atoms with E-state index >= 15 is 0 Å². The second-order valence-corrected chi connectivity index (χ2v) is 5.75. The number of nitrogens with one attached hydrogen (secondary N) is 1. The lowest BCUT2D eigenvalue weighted by atomic mass is 9.71. The number of carboxylic acids is 1. The van der Waals surface area contributed by atoms with Gasteiger partial charge in [0.05, 0.1) is 5.41 Å². The summed E-state index contributed by atoms with van der Waals surface area (Å²) in [5.41, 5.74) is -0.110. The normalized spacial score (nSPS) is 27.9. The summed E-state index contributed by atoms with van der Waals surface area (Å²) in [5, 5.41) is 12.2. The topological polar surface area (TPSA) is 66.4 Å². The predicted molar refractivity (Wildman–Crippen MR) is 74.8 cm³/mol. The Kier molecular flexibility index (Phi) is 5.58. The molecule has 0 bridgehead atoms. The summed E-state index contributed by atoms with van der Waals surface area (Å²) in [7, 11) is 0. The van der Waals surface area contributed by atoms with Crippen LogP contribution in [0, 0.1) is 11.3 Å². The van der Waals surface area contributed by atoms with Crippen molar-refractivity contribution < 1.29 is 14.7 Å². The summed E-state index contributed by atoms with van der Waals surface area (Å²) in [4.78, 5) is 23.4. The molecule has 2 N–H and O–H groups in total. The van der Waals surface area contributed by atoms with E-state index in [2.05, 4.69) is 12.2 Å². The van der Waals surface area contributed by atoms with E-state index in [4.69, 9.17) is 0 Å². The smallest absolute Gasteiger partial charge is 0.311 e. The van der Waals surface area contributed by atoms with Gasteiger partial charge in [0.2, 0.25) is 5.91 Å². The van der Waals surface area contributed by atoms with Crippen LogP contribution in [0.4, 0.5) is 0 Å². The number of carbonyl (C=O) groups is 2. The Balaban J connectivity index is 2.63. The van der Waals surface area contributed by atoms with Crippen LogP contribution in [0.1, 0.15) is 52.9 Å². The number of hydrogen-bond acceptors (Lipinski definition) is 2. The molecule has 0 aromatic carbocycles. The van der Waals surface area contributed by atoms with Crippen molar-refractivity contribution in [3.63, 3.8) is 0 Å². The van der Waals surface area contributed by atoms with Crippen molar-refractivity contribution in [3.8, 4) is 0 Å². The zero-order valence-electron chi connectivity index (χ0n) is 12.2. The van der Waals surface area contributed by atoms with Gasteiger partial charge in [0.1, 0.15) is 0 Å². The minimum absolute atomic E-state index is 0.152. The van der Waals surface area contributed by atoms with Crippen molar-refractivity contribution in [2.24, 2.45) is 11.3 Å². The predicted octanol–water partition coefficient (Wildman–Crippen LogP) is 2.74. The van der Waals surface area contributed by atoms with Gasteiger partial charge in [-0.2, -0.15) is 0 Å². The molecule has 1 aliphatic carbocycles. The molecule has 0 spiro atoms. The average molecular weight is 267 g/mol. The molecule has 1 saturated carbocycles. The third-order valence-electron chi connectivity index (χ3n) is 4.14. The number of carbonyl (C=O) groups excluding carboxylic acids is 1. The van der Waals surface area contributed by atoms with Gasteiger partial charge in [0.25, 0.3) is 0 Å². The molecule has 0 aliphatic heterocycles. The maximum Gasteiger partial charge on any atom is 0.311 e. The van der Waals surface area contributed by atoms with Crippen molar-refractivity contribution in [1.29, 1.82) is 0 Å². The Hall–Kier alpha value is -1.32. The number of allylic oxidation sites excluding steroid dienone is 1. The van der Waals surface area contributed by atoms with Gasteiger partial charge in [-0.1, -0.05) is 19.9 Å². The van der Waals surface area contributed by atoms with Gasteiger partial charge >= 0.3 is 5.97 Å². The van der Waals surface area contributed by atoms with Crippen molar-refractivity contribution >= 4 is 11.9 Å². The molecule has 0 heterocycles. The minimum atomic E-state index is -0.781. The zero-order valence-corrected chi connectivity index (χ0v) is 12.2. The van der Waals surface area contributed by atoms with E-state index in [1.807, 2.05) is 13.0 Å². The molecule has 19 heavy (non-hydrogen) atoms. The first kappa shape index (κ1) is 15.7. The van der Waals surface area contributed by atoms with Crippen LogP contribution in [0.2, 0.25) is 0 Å². The zero-order chi connectivity index (χ0) is 14.5. The Labute approximate surface area is 115 Å². The number of amides is 1. The van der Waals surface area contributed by atoms with E-state index in [1.165, 1.54) is 0 Å². The van der Waals surface area contributed by atoms with Crippen LogP contribution in [0.5, 0.6) is 0 Å². The molecule has 0 saturated heterocycles. The lowest BCUT2D eigenvalue weighted by Gasteiger charge is -2.35. The van der Waals surface area contributed by atoms with Gasteiger partial charge in [-0.3, -0.25) is 9.59 Å². The molecular weight excluding hydrogens is 242 g/mol. The largest absolute Gasteiger partial charge is 0.481 e. The fraction of sp³-hybridized carbons (Fsp3) is 0.733. The van der Waals surface area contributed by atoms with Crippen LogP contribution in [-0.2, 0) is 9.59 Å². The van der Waals surface area contributed by atoms with Crippen LogP contribution in [0.15, 0.2) is 11.6 Å². The molecule has 0 radical (unpaired) electrons. The number of rotatable bonds is 5. The number of hydrogen-bond donors (Lipinski definition) is 2. The fourth-order valence-corrected chi connectivity index (χ4v) is 2.57. The van der Waals surface area contributed by atoms with E-state index < -0.39 is 11.4 Å². The SMILES string of the molecule is CC/C=C(/C)C(=O)NCC1(C(=O)O)CCC(C)CC1. The Bertz CT molecular complexity index is 366. The highest BCUT2D eigenvalue weighted by atomic mass is 16.4. The van der Waals surface area contributed by atoms with Crippen molar-refractivity contribution in [2.75, 3.05) is 6.54 Å². The molecular formula is C15H25NO3. The molecule has 1 rings (SSSR count). The Morgan fingerprint density at radius 3 is 2.42 bits per heavy atom. The summed E-state index contributed by atoms with van der Waals surface area (Å²) < 4.78 is 0. The number of carboxylic acid groups (broad SMARTS) is 1. The van der Waals surface area contributed by atoms with Crippen LogP contribution in [-0.4, -0.2) is 23.5 Å². The molecule has 0 atom stereocenters. The summed E-state index contributed by atoms with van der Waals surface area (Å²) in [6, 6.07) is 0. The van der Waals surface area contributed by atoms with Crippen molar-refractivity contribution in [1.82, 2.24) is 5.32 Å². The molecule has 0 aromatic rings. The molecule has 4 nitrogen and oxygen atoms in total. The summed E-state index contributed by atoms with van der Waals surface area (Å²) in [6.45, 7) is 6.12. The van der Waals surface area contributed by atoms with Crippen LogP contribution in [0.25, 0.3) is 0 Å². The standard InChI is InChI=1S/C15H25NO3/c1-4-5-12(3)13(17)16-10-15(14(18)19)8-6-11(2)7-9-15/h5,11H,4,6-10H2,1-3H3,(H,16,17)(H,18,19)/b12-5-. The first-order valence-corrected chi connectivity index (χ1v) is 7.09. The maximum absolute atomic E-state index is 11.8. The second kappa shape index (κ2) is 6.73. The van der Waals surface area contributed by atoms with E-state index in [0.29, 0.717) is 24.3 Å². The van der Waals surface area contributed by atoms with Crippen molar-refractivity contribution in [3.05, 3.63) is 11.6 Å². The first-order chi connectivity index (χ1) is 8.91. The van der Waals surface area contributed by atoms with Crippen LogP contribution in [0.3, 0.4) is 0 Å². The van der Waals surface area contributed by atoms with Crippen LogP contribution < -0.4 is 5.32 Å². The monoisotopic (exact) mass is 267 g/mol. The quantitative estimate of drug-likeness (QED) is 0.753. The first-order valence-electron chi connectivity index (χ1n) is 7.09. The lowest BCUT2D eigenvalue weighted by Crippen LogP contribution is -2.45. The highest BCUT2D eigenvalue weighted by Gasteiger charge is 2.41. The van der Waals surface area contributed by atoms with E-state index in [9.17, 15) is 14.7 Å². The average Bonchev–Trinajstić information content (AvgIpc) is 2.38. The third kappa shape index (κ3) is 4.08. The summed E-state index contributed by atoms with van der Waals surface area (Å²) >= 11 is 0. The van der Waals surface area contributed by atoms with Gasteiger partial charge in [0.15, 0.2) is 0 Å². The van der Waals surface area contributed by atoms with E-state index in [-0.39, 0.29) is 12.5 Å². The van der Waals surface area contributed by atoms with E-state index in [0.717, 1.165) is 19.3 Å². The van der Waals surface area contributed by atoms with Gasteiger partial charge < -0.3 is 10.4 Å². The highest BCUT2D eigenvalue weighted by Crippen LogP contribution is 2.38. The maximum atomic E-state index is 11.8. The summed E-state index contributed by atoms with van der Waals surface area (Å²) in [6.07, 6.45) is 5.81. The fourth-order valence-electron chi connectivity index (χ4n) is 2.57.